The van der Waals surface area contributed by atoms with E-state index < -0.39 is 11.6 Å². The Morgan fingerprint density at radius 3 is 2.78 bits per heavy atom. The van der Waals surface area contributed by atoms with Crippen molar-refractivity contribution in [2.45, 2.75) is 6.61 Å². The molecule has 1 aromatic heterocycles. The molecule has 3 nitrogen and oxygen atoms in total. The lowest BCUT2D eigenvalue weighted by Gasteiger charge is -2.08. The van der Waals surface area contributed by atoms with Crippen molar-refractivity contribution in [3.63, 3.8) is 0 Å². The van der Waals surface area contributed by atoms with Gasteiger partial charge in [-0.15, -0.1) is 0 Å². The fraction of sp³-hybridized carbons (Fsp3) is 0.182. The molecule has 0 amide bonds. The molecule has 18 heavy (non-hydrogen) atoms. The summed E-state index contributed by atoms with van der Waals surface area (Å²) in [4.78, 5) is 3.98. The van der Waals surface area contributed by atoms with Crippen LogP contribution in [0.25, 0.3) is 0 Å². The molecule has 0 aliphatic heterocycles. The van der Waals surface area contributed by atoms with Crippen molar-refractivity contribution in [3.05, 3.63) is 45.4 Å². The van der Waals surface area contributed by atoms with Crippen LogP contribution in [-0.4, -0.2) is 9.55 Å². The second-order valence-corrected chi connectivity index (χ2v) is 4.85. The number of nitrogens with zero attached hydrogens (tertiary/aromatic N) is 2. The third kappa shape index (κ3) is 2.64. The maximum Gasteiger partial charge on any atom is 0.200 e. The topological polar surface area (TPSA) is 27.1 Å². The zero-order chi connectivity index (χ0) is 13.3. The zero-order valence-electron chi connectivity index (χ0n) is 9.25. The first kappa shape index (κ1) is 13.3. The molecule has 0 bridgehead atoms. The van der Waals surface area contributed by atoms with Gasteiger partial charge in [0.1, 0.15) is 17.6 Å². The maximum absolute atomic E-state index is 13.4. The van der Waals surface area contributed by atoms with Gasteiger partial charge in [-0.3, -0.25) is 0 Å². The fourth-order valence-corrected chi connectivity index (χ4v) is 1.89. The van der Waals surface area contributed by atoms with Crippen molar-refractivity contribution in [1.82, 2.24) is 9.55 Å². The minimum absolute atomic E-state index is 0.00394. The molecule has 2 aromatic rings. The molecule has 0 unspecified atom stereocenters. The summed E-state index contributed by atoms with van der Waals surface area (Å²) in [6.07, 6.45) is 1.46. The molecule has 0 N–H and O–H groups in total. The lowest BCUT2D eigenvalue weighted by atomic mass is 10.3. The molecule has 96 valence electrons. The van der Waals surface area contributed by atoms with E-state index >= 15 is 0 Å². The van der Waals surface area contributed by atoms with Crippen LogP contribution in [0.4, 0.5) is 8.78 Å². The number of benzene rings is 1. The van der Waals surface area contributed by atoms with Crippen molar-refractivity contribution in [2.75, 3.05) is 0 Å². The second kappa shape index (κ2) is 5.24. The Morgan fingerprint density at radius 2 is 2.17 bits per heavy atom. The third-order valence-corrected chi connectivity index (χ3v) is 3.15. The van der Waals surface area contributed by atoms with Crippen molar-refractivity contribution >= 4 is 27.5 Å². The Labute approximate surface area is 115 Å². The minimum atomic E-state index is -1.03. The molecular formula is C11H8BrClF2N2O. The summed E-state index contributed by atoms with van der Waals surface area (Å²) in [5.74, 6) is -1.67. The summed E-state index contributed by atoms with van der Waals surface area (Å²) in [5.41, 5.74) is 0. The van der Waals surface area contributed by atoms with Crippen LogP contribution in [-0.2, 0) is 13.7 Å². The average Bonchev–Trinajstić information content (AvgIpc) is 2.63. The lowest BCUT2D eigenvalue weighted by Crippen LogP contribution is -2.05. The van der Waals surface area contributed by atoms with Crippen LogP contribution in [0, 0.1) is 11.6 Å². The molecular weight excluding hydrogens is 329 g/mol. The largest absolute Gasteiger partial charge is 0.482 e. The van der Waals surface area contributed by atoms with E-state index in [2.05, 4.69) is 20.9 Å². The molecule has 0 aliphatic carbocycles. The molecule has 0 saturated carbocycles. The first-order valence-corrected chi connectivity index (χ1v) is 6.09. The summed E-state index contributed by atoms with van der Waals surface area (Å²) < 4.78 is 33.7. The molecule has 0 aliphatic rings. The van der Waals surface area contributed by atoms with Crippen molar-refractivity contribution in [1.29, 1.82) is 0 Å². The van der Waals surface area contributed by atoms with E-state index in [0.717, 1.165) is 6.07 Å². The predicted molar refractivity (Wildman–Crippen MR) is 66.6 cm³/mol. The first-order valence-electron chi connectivity index (χ1n) is 4.92. The van der Waals surface area contributed by atoms with Gasteiger partial charge < -0.3 is 9.30 Å². The van der Waals surface area contributed by atoms with E-state index in [0.29, 0.717) is 15.5 Å². The van der Waals surface area contributed by atoms with Crippen LogP contribution < -0.4 is 4.74 Å². The van der Waals surface area contributed by atoms with E-state index in [1.807, 2.05) is 0 Å². The van der Waals surface area contributed by atoms with Crippen LogP contribution >= 0.6 is 27.5 Å². The summed E-state index contributed by atoms with van der Waals surface area (Å²) in [5, 5.41) is 0.439. The number of aromatic nitrogens is 2. The Balaban J connectivity index is 2.18. The lowest BCUT2D eigenvalue weighted by molar-refractivity contribution is 0.272. The number of rotatable bonds is 3. The monoisotopic (exact) mass is 336 g/mol. The van der Waals surface area contributed by atoms with E-state index in [1.165, 1.54) is 12.3 Å². The number of imidazole rings is 1. The smallest absolute Gasteiger partial charge is 0.200 e. The van der Waals surface area contributed by atoms with Crippen LogP contribution in [0.2, 0.25) is 5.15 Å². The quantitative estimate of drug-likeness (QED) is 0.799. The highest BCUT2D eigenvalue weighted by Crippen LogP contribution is 2.26. The van der Waals surface area contributed by atoms with Crippen LogP contribution in [0.15, 0.2) is 22.8 Å². The standard InChI is InChI=1S/C11H8BrClF2N2O/c1-17-9(13)4-16-10(17)5-18-8-3-6(12)2-7(14)11(8)15/h2-4H,5H2,1H3. The predicted octanol–water partition coefficient (Wildman–Crippen LogP) is 3.69. The molecule has 0 atom stereocenters. The van der Waals surface area contributed by atoms with E-state index in [4.69, 9.17) is 16.3 Å². The van der Waals surface area contributed by atoms with Gasteiger partial charge in [-0.1, -0.05) is 27.5 Å². The number of hydrogen-bond donors (Lipinski definition) is 0. The Kier molecular flexibility index (Phi) is 3.87. The van der Waals surface area contributed by atoms with Crippen molar-refractivity contribution < 1.29 is 13.5 Å². The zero-order valence-corrected chi connectivity index (χ0v) is 11.6. The van der Waals surface area contributed by atoms with Gasteiger partial charge in [0.15, 0.2) is 11.6 Å². The summed E-state index contributed by atoms with van der Waals surface area (Å²) >= 11 is 8.86. The van der Waals surface area contributed by atoms with Crippen molar-refractivity contribution in [3.8, 4) is 5.75 Å². The van der Waals surface area contributed by atoms with E-state index in [9.17, 15) is 8.78 Å². The van der Waals surface area contributed by atoms with Gasteiger partial charge in [-0.25, -0.2) is 9.37 Å². The first-order chi connectivity index (χ1) is 8.49. The number of halogens is 4. The molecule has 1 aromatic carbocycles. The van der Waals surface area contributed by atoms with Crippen molar-refractivity contribution in [2.24, 2.45) is 7.05 Å². The van der Waals surface area contributed by atoms with Gasteiger partial charge in [0.2, 0.25) is 5.82 Å². The number of hydrogen-bond acceptors (Lipinski definition) is 2. The molecule has 7 heteroatoms. The van der Waals surface area contributed by atoms with Crippen LogP contribution in [0.5, 0.6) is 5.75 Å². The maximum atomic E-state index is 13.4. The fourth-order valence-electron chi connectivity index (χ4n) is 1.34. The average molecular weight is 338 g/mol. The van der Waals surface area contributed by atoms with Crippen LogP contribution in [0.1, 0.15) is 5.82 Å². The molecule has 2 rings (SSSR count). The normalized spacial score (nSPS) is 10.7. The van der Waals surface area contributed by atoms with Gasteiger partial charge in [-0.05, 0) is 12.1 Å². The summed E-state index contributed by atoms with van der Waals surface area (Å²) in [6.45, 7) is -0.00394. The highest BCUT2D eigenvalue weighted by molar-refractivity contribution is 9.10. The Bertz CT molecular complexity index is 589. The summed E-state index contributed by atoms with van der Waals surface area (Å²) in [7, 11) is 1.70. The molecule has 0 saturated heterocycles. The number of ether oxygens (including phenoxy) is 1. The van der Waals surface area contributed by atoms with Gasteiger partial charge in [0, 0.05) is 11.5 Å². The highest BCUT2D eigenvalue weighted by atomic mass is 79.9. The Morgan fingerprint density at radius 1 is 1.44 bits per heavy atom. The van der Waals surface area contributed by atoms with Crippen LogP contribution in [0.3, 0.4) is 0 Å². The third-order valence-electron chi connectivity index (χ3n) is 2.34. The van der Waals surface area contributed by atoms with E-state index in [1.54, 1.807) is 11.6 Å². The molecule has 0 radical (unpaired) electrons. The molecule has 0 spiro atoms. The van der Waals surface area contributed by atoms with Gasteiger partial charge in [-0.2, -0.15) is 4.39 Å². The van der Waals surface area contributed by atoms with E-state index in [-0.39, 0.29) is 12.4 Å². The Hall–Kier alpha value is -1.14. The molecule has 0 fully saturated rings. The van der Waals surface area contributed by atoms with Gasteiger partial charge in [0.05, 0.1) is 6.20 Å². The van der Waals surface area contributed by atoms with Gasteiger partial charge >= 0.3 is 0 Å². The minimum Gasteiger partial charge on any atom is -0.482 e. The SMILES string of the molecule is Cn1c(Cl)cnc1COc1cc(Br)cc(F)c1F. The highest BCUT2D eigenvalue weighted by Gasteiger charge is 2.13. The summed E-state index contributed by atoms with van der Waals surface area (Å²) in [6, 6.07) is 2.38. The second-order valence-electron chi connectivity index (χ2n) is 3.54. The van der Waals surface area contributed by atoms with Gasteiger partial charge in [0.25, 0.3) is 0 Å². The molecule has 1 heterocycles.